The van der Waals surface area contributed by atoms with E-state index in [4.69, 9.17) is 4.74 Å². The maximum Gasteiger partial charge on any atom is 0.0893 e. The molecule has 0 N–H and O–H groups in total. The molecule has 1 unspecified atom stereocenters. The highest BCUT2D eigenvalue weighted by Gasteiger charge is 2.48. The molecule has 1 heterocycles. The lowest BCUT2D eigenvalue weighted by Crippen LogP contribution is -2.33. The van der Waals surface area contributed by atoms with Crippen molar-refractivity contribution in [1.82, 2.24) is 0 Å². The lowest BCUT2D eigenvalue weighted by atomic mass is 9.61. The fourth-order valence-electron chi connectivity index (χ4n) is 4.31. The molecule has 2 aliphatic carbocycles. The Morgan fingerprint density at radius 1 is 0.875 bits per heavy atom. The Bertz CT molecular complexity index is 261. The summed E-state index contributed by atoms with van der Waals surface area (Å²) in [7, 11) is 0. The van der Waals surface area contributed by atoms with Crippen LogP contribution in [0.2, 0.25) is 0 Å². The summed E-state index contributed by atoms with van der Waals surface area (Å²) < 4.78 is 5.58. The second-order valence-corrected chi connectivity index (χ2v) is 7.43. The van der Waals surface area contributed by atoms with Crippen LogP contribution in [0.25, 0.3) is 0 Å². The first-order chi connectivity index (χ1) is 7.54. The summed E-state index contributed by atoms with van der Waals surface area (Å²) in [5.74, 6) is 0. The van der Waals surface area contributed by atoms with Crippen LogP contribution in [0.1, 0.15) is 71.6 Å². The minimum absolute atomic E-state index is 0.259. The van der Waals surface area contributed by atoms with E-state index in [1.54, 1.807) is 0 Å². The van der Waals surface area contributed by atoms with Crippen molar-refractivity contribution in [2.75, 3.05) is 6.61 Å². The van der Waals surface area contributed by atoms with Crippen LogP contribution in [-0.4, -0.2) is 12.2 Å². The Morgan fingerprint density at radius 3 is 1.94 bits per heavy atom. The largest absolute Gasteiger partial charge is 0.370 e. The van der Waals surface area contributed by atoms with Crippen LogP contribution >= 0.6 is 0 Å². The van der Waals surface area contributed by atoms with Crippen LogP contribution in [0.3, 0.4) is 0 Å². The summed E-state index contributed by atoms with van der Waals surface area (Å²) >= 11 is 0. The summed E-state index contributed by atoms with van der Waals surface area (Å²) in [4.78, 5) is 0. The molecule has 16 heavy (non-hydrogen) atoms. The molecule has 3 aliphatic rings. The van der Waals surface area contributed by atoms with Crippen LogP contribution in [0.15, 0.2) is 0 Å². The standard InChI is InChI=1S/C15H26O/c1-13(11-14(2)12-16-14)7-9-15(10-8-13)5-3-4-6-15/h3-12H2,1-2H3. The van der Waals surface area contributed by atoms with E-state index in [0.717, 1.165) is 12.0 Å². The molecule has 1 spiro atoms. The summed E-state index contributed by atoms with van der Waals surface area (Å²) in [6, 6.07) is 0. The molecular weight excluding hydrogens is 196 g/mol. The quantitative estimate of drug-likeness (QED) is 0.634. The molecular formula is C15H26O. The van der Waals surface area contributed by atoms with Gasteiger partial charge in [0.15, 0.2) is 0 Å². The predicted molar refractivity (Wildman–Crippen MR) is 66.5 cm³/mol. The zero-order chi connectivity index (χ0) is 11.3. The molecule has 3 rings (SSSR count). The molecule has 1 saturated heterocycles. The van der Waals surface area contributed by atoms with E-state index in [0.29, 0.717) is 5.41 Å². The van der Waals surface area contributed by atoms with Gasteiger partial charge in [-0.1, -0.05) is 19.8 Å². The second-order valence-electron chi connectivity index (χ2n) is 7.43. The average molecular weight is 222 g/mol. The number of epoxide rings is 1. The molecule has 92 valence electrons. The third-order valence-electron chi connectivity index (χ3n) is 5.62. The van der Waals surface area contributed by atoms with Crippen molar-refractivity contribution in [2.24, 2.45) is 10.8 Å². The number of hydrogen-bond donors (Lipinski definition) is 0. The van der Waals surface area contributed by atoms with Gasteiger partial charge in [-0.05, 0) is 62.7 Å². The molecule has 0 bridgehead atoms. The normalized spacial score (nSPS) is 40.1. The zero-order valence-electron chi connectivity index (χ0n) is 11.0. The van der Waals surface area contributed by atoms with Crippen LogP contribution in [0, 0.1) is 10.8 Å². The van der Waals surface area contributed by atoms with Gasteiger partial charge in [0.2, 0.25) is 0 Å². The fourth-order valence-corrected chi connectivity index (χ4v) is 4.31. The smallest absolute Gasteiger partial charge is 0.0893 e. The van der Waals surface area contributed by atoms with Crippen molar-refractivity contribution in [1.29, 1.82) is 0 Å². The fraction of sp³-hybridized carbons (Fsp3) is 1.00. The van der Waals surface area contributed by atoms with E-state index >= 15 is 0 Å². The minimum Gasteiger partial charge on any atom is -0.370 e. The molecule has 0 radical (unpaired) electrons. The Kier molecular flexibility index (Phi) is 2.41. The predicted octanol–water partition coefficient (Wildman–Crippen LogP) is 4.31. The molecule has 1 nitrogen and oxygen atoms in total. The Labute approximate surface area is 99.9 Å². The number of ether oxygens (including phenoxy) is 1. The third-order valence-corrected chi connectivity index (χ3v) is 5.62. The van der Waals surface area contributed by atoms with E-state index in [1.165, 1.54) is 57.8 Å². The number of rotatable bonds is 2. The van der Waals surface area contributed by atoms with Gasteiger partial charge in [-0.2, -0.15) is 0 Å². The van der Waals surface area contributed by atoms with Gasteiger partial charge in [0.05, 0.1) is 12.2 Å². The van der Waals surface area contributed by atoms with E-state index in [-0.39, 0.29) is 5.60 Å². The van der Waals surface area contributed by atoms with Crippen molar-refractivity contribution in [3.8, 4) is 0 Å². The minimum atomic E-state index is 0.259. The molecule has 3 fully saturated rings. The van der Waals surface area contributed by atoms with Gasteiger partial charge in [0.25, 0.3) is 0 Å². The molecule has 1 heteroatoms. The van der Waals surface area contributed by atoms with Gasteiger partial charge in [0, 0.05) is 0 Å². The summed E-state index contributed by atoms with van der Waals surface area (Å²) in [5.41, 5.74) is 1.62. The maximum atomic E-state index is 5.58. The molecule has 1 aliphatic heterocycles. The summed E-state index contributed by atoms with van der Waals surface area (Å²) in [6.45, 7) is 5.80. The maximum absolute atomic E-state index is 5.58. The lowest BCUT2D eigenvalue weighted by molar-refractivity contribution is 0.0671. The van der Waals surface area contributed by atoms with Gasteiger partial charge in [-0.3, -0.25) is 0 Å². The van der Waals surface area contributed by atoms with Crippen LogP contribution < -0.4 is 0 Å². The van der Waals surface area contributed by atoms with Crippen molar-refractivity contribution in [3.63, 3.8) is 0 Å². The highest BCUT2D eigenvalue weighted by atomic mass is 16.6. The Balaban J connectivity index is 1.60. The SMILES string of the molecule is CC1(CC2(C)CO2)CCC2(CCCC2)CC1. The van der Waals surface area contributed by atoms with Gasteiger partial charge < -0.3 is 4.74 Å². The molecule has 1 atom stereocenters. The molecule has 0 amide bonds. The topological polar surface area (TPSA) is 12.5 Å². The van der Waals surface area contributed by atoms with E-state index in [1.807, 2.05) is 0 Å². The lowest BCUT2D eigenvalue weighted by Gasteiger charge is -2.44. The van der Waals surface area contributed by atoms with Crippen LogP contribution in [0.4, 0.5) is 0 Å². The van der Waals surface area contributed by atoms with E-state index in [9.17, 15) is 0 Å². The van der Waals surface area contributed by atoms with Crippen LogP contribution in [0.5, 0.6) is 0 Å². The Hall–Kier alpha value is -0.0400. The molecule has 2 saturated carbocycles. The van der Waals surface area contributed by atoms with Crippen molar-refractivity contribution in [2.45, 2.75) is 77.2 Å². The first-order valence-corrected chi connectivity index (χ1v) is 7.17. The van der Waals surface area contributed by atoms with E-state index in [2.05, 4.69) is 13.8 Å². The summed E-state index contributed by atoms with van der Waals surface area (Å²) in [6.07, 6.45) is 13.2. The molecule has 0 aromatic carbocycles. The first-order valence-electron chi connectivity index (χ1n) is 7.17. The van der Waals surface area contributed by atoms with Crippen molar-refractivity contribution >= 4 is 0 Å². The van der Waals surface area contributed by atoms with Gasteiger partial charge in [-0.25, -0.2) is 0 Å². The van der Waals surface area contributed by atoms with Gasteiger partial charge in [-0.15, -0.1) is 0 Å². The van der Waals surface area contributed by atoms with Gasteiger partial charge >= 0.3 is 0 Å². The zero-order valence-corrected chi connectivity index (χ0v) is 11.0. The summed E-state index contributed by atoms with van der Waals surface area (Å²) in [5, 5.41) is 0. The molecule has 0 aromatic heterocycles. The second kappa shape index (κ2) is 3.48. The average Bonchev–Trinajstić information content (AvgIpc) is 2.80. The van der Waals surface area contributed by atoms with Gasteiger partial charge in [0.1, 0.15) is 0 Å². The molecule has 0 aromatic rings. The Morgan fingerprint density at radius 2 is 1.44 bits per heavy atom. The highest BCUT2D eigenvalue weighted by molar-refractivity contribution is 4.99. The highest BCUT2D eigenvalue weighted by Crippen LogP contribution is 2.56. The van der Waals surface area contributed by atoms with E-state index < -0.39 is 0 Å². The van der Waals surface area contributed by atoms with Crippen molar-refractivity contribution in [3.05, 3.63) is 0 Å². The van der Waals surface area contributed by atoms with Crippen molar-refractivity contribution < 1.29 is 4.74 Å². The number of hydrogen-bond acceptors (Lipinski definition) is 1. The monoisotopic (exact) mass is 222 g/mol. The third kappa shape index (κ3) is 2.03. The first kappa shape index (κ1) is 11.1. The van der Waals surface area contributed by atoms with Crippen LogP contribution in [-0.2, 0) is 4.74 Å².